The molecule has 0 bridgehead atoms. The van der Waals surface area contributed by atoms with Gasteiger partial charge in [-0.1, -0.05) is 127 Å². The summed E-state index contributed by atoms with van der Waals surface area (Å²) in [6.07, 6.45) is 1.89. The van der Waals surface area contributed by atoms with Gasteiger partial charge < -0.3 is 0 Å². The normalized spacial score (nSPS) is 12.1. The second-order valence-electron chi connectivity index (χ2n) is 12.9. The molecule has 8 aromatic carbocycles. The molecule has 0 radical (unpaired) electrons. The Hall–Kier alpha value is -6.58. The van der Waals surface area contributed by atoms with Crippen molar-refractivity contribution in [2.75, 3.05) is 0 Å². The zero-order chi connectivity index (χ0) is 32.1. The summed E-state index contributed by atoms with van der Waals surface area (Å²) in [5, 5.41) is 12.0. The van der Waals surface area contributed by atoms with Crippen LogP contribution < -0.4 is 0 Å². The van der Waals surface area contributed by atoms with E-state index in [1.54, 1.807) is 0 Å². The van der Waals surface area contributed by atoms with Crippen molar-refractivity contribution in [3.8, 4) is 22.3 Å². The summed E-state index contributed by atoms with van der Waals surface area (Å²) in [5.41, 5.74) is 10.1. The first-order valence-electron chi connectivity index (χ1n) is 16.8. The molecule has 3 heterocycles. The maximum absolute atomic E-state index is 5.21. The van der Waals surface area contributed by atoms with Crippen LogP contribution >= 0.6 is 0 Å². The van der Waals surface area contributed by atoms with Crippen LogP contribution in [0.4, 0.5) is 0 Å². The Morgan fingerprint density at radius 1 is 0.429 bits per heavy atom. The van der Waals surface area contributed by atoms with E-state index in [-0.39, 0.29) is 0 Å². The van der Waals surface area contributed by atoms with E-state index in [2.05, 4.69) is 156 Å². The average molecular weight is 622 g/mol. The molecule has 0 unspecified atom stereocenters. The highest BCUT2D eigenvalue weighted by molar-refractivity contribution is 6.26. The smallest absolute Gasteiger partial charge is 0.146 e. The van der Waals surface area contributed by atoms with Crippen molar-refractivity contribution in [2.24, 2.45) is 0 Å². The van der Waals surface area contributed by atoms with E-state index in [1.807, 2.05) is 12.3 Å². The summed E-state index contributed by atoms with van der Waals surface area (Å²) in [5.74, 6) is 0. The highest BCUT2D eigenvalue weighted by Crippen LogP contribution is 2.46. The van der Waals surface area contributed by atoms with E-state index >= 15 is 0 Å². The predicted molar refractivity (Wildman–Crippen MR) is 206 cm³/mol. The van der Waals surface area contributed by atoms with Gasteiger partial charge in [-0.15, -0.1) is 0 Å². The van der Waals surface area contributed by atoms with Gasteiger partial charge in [0.05, 0.1) is 22.1 Å². The number of pyridine rings is 2. The van der Waals surface area contributed by atoms with Gasteiger partial charge in [-0.2, -0.15) is 0 Å². The number of nitrogens with zero attached hydrogens (tertiary/aromatic N) is 3. The minimum atomic E-state index is 0.953. The topological polar surface area (TPSA) is 30.2 Å². The highest BCUT2D eigenvalue weighted by atomic mass is 15.0. The first-order valence-corrected chi connectivity index (χ1v) is 16.8. The molecular formula is C46H27N3. The second kappa shape index (κ2) is 9.96. The predicted octanol–water partition coefficient (Wildman–Crippen LogP) is 12.1. The zero-order valence-electron chi connectivity index (χ0n) is 26.4. The van der Waals surface area contributed by atoms with Gasteiger partial charge >= 0.3 is 0 Å². The van der Waals surface area contributed by atoms with Crippen LogP contribution in [0.3, 0.4) is 0 Å². The number of fused-ring (bicyclic) bond motifs is 13. The average Bonchev–Trinajstić information content (AvgIpc) is 3.57. The van der Waals surface area contributed by atoms with E-state index in [0.717, 1.165) is 43.9 Å². The Kier molecular flexibility index (Phi) is 5.38. The van der Waals surface area contributed by atoms with Gasteiger partial charge in [0.1, 0.15) is 5.65 Å². The molecule has 3 aromatic heterocycles. The zero-order valence-corrected chi connectivity index (χ0v) is 26.4. The monoisotopic (exact) mass is 621 g/mol. The molecule has 0 spiro atoms. The van der Waals surface area contributed by atoms with E-state index in [1.165, 1.54) is 60.0 Å². The highest BCUT2D eigenvalue weighted by Gasteiger charge is 2.20. The molecule has 0 saturated heterocycles. The van der Waals surface area contributed by atoms with E-state index < -0.39 is 0 Å². The van der Waals surface area contributed by atoms with Gasteiger partial charge in [-0.25, -0.2) is 4.98 Å². The molecule has 3 nitrogen and oxygen atoms in total. The molecule has 0 atom stereocenters. The van der Waals surface area contributed by atoms with Crippen molar-refractivity contribution in [1.29, 1.82) is 0 Å². The second-order valence-corrected chi connectivity index (χ2v) is 12.9. The molecule has 0 aliphatic carbocycles. The molecule has 0 amide bonds. The summed E-state index contributed by atoms with van der Waals surface area (Å²) in [7, 11) is 0. The lowest BCUT2D eigenvalue weighted by Crippen LogP contribution is -1.95. The van der Waals surface area contributed by atoms with E-state index in [9.17, 15) is 0 Å². The summed E-state index contributed by atoms with van der Waals surface area (Å²) in [6.45, 7) is 0. The quantitative estimate of drug-likeness (QED) is 0.142. The van der Waals surface area contributed by atoms with Crippen molar-refractivity contribution in [2.45, 2.75) is 0 Å². The summed E-state index contributed by atoms with van der Waals surface area (Å²) in [6, 6.07) is 57.2. The Morgan fingerprint density at radius 2 is 1.08 bits per heavy atom. The van der Waals surface area contributed by atoms with Crippen molar-refractivity contribution < 1.29 is 0 Å². The van der Waals surface area contributed by atoms with Crippen LogP contribution in [0.5, 0.6) is 0 Å². The molecule has 0 aliphatic heterocycles. The van der Waals surface area contributed by atoms with Crippen LogP contribution in [-0.4, -0.2) is 14.4 Å². The fourth-order valence-corrected chi connectivity index (χ4v) is 8.31. The van der Waals surface area contributed by atoms with E-state index in [4.69, 9.17) is 9.97 Å². The lowest BCUT2D eigenvalue weighted by atomic mass is 9.84. The summed E-state index contributed by atoms with van der Waals surface area (Å²) >= 11 is 0. The Labute approximate surface area is 281 Å². The molecule has 11 rings (SSSR count). The molecule has 0 aliphatic rings. The van der Waals surface area contributed by atoms with Gasteiger partial charge in [0.2, 0.25) is 0 Å². The third-order valence-corrected chi connectivity index (χ3v) is 10.4. The lowest BCUT2D eigenvalue weighted by Gasteiger charge is -2.19. The van der Waals surface area contributed by atoms with Gasteiger partial charge in [-0.05, 0) is 84.9 Å². The lowest BCUT2D eigenvalue weighted by molar-refractivity contribution is 1.31. The molecule has 226 valence electrons. The van der Waals surface area contributed by atoms with Crippen LogP contribution in [0.2, 0.25) is 0 Å². The number of hydrogen-bond donors (Lipinski definition) is 0. The summed E-state index contributed by atoms with van der Waals surface area (Å²) in [4.78, 5) is 10.1. The van der Waals surface area contributed by atoms with Crippen LogP contribution in [-0.2, 0) is 0 Å². The molecule has 3 heteroatoms. The fraction of sp³-hybridized carbons (Fsp3) is 0. The van der Waals surface area contributed by atoms with Crippen molar-refractivity contribution in [3.05, 3.63) is 164 Å². The molecule has 49 heavy (non-hydrogen) atoms. The Bertz CT molecular complexity index is 3110. The molecule has 0 N–H and O–H groups in total. The standard InChI is InChI=1S/C46H27N3/c1-2-14-31-28(11-1)12-9-19-32(31)43-35-17-5-3-15-33(35)42(34-16-4-6-18-36(34)43)30-23-24-37-41(27-30)49-40-21-8-7-20-39(40)48-46(49)38-25-22-29-13-10-26-47-45(29)44(37)38/h1-27H. The number of hydrogen-bond acceptors (Lipinski definition) is 2. The number of aromatic nitrogens is 3. The molecular weight excluding hydrogens is 595 g/mol. The number of benzene rings is 8. The summed E-state index contributed by atoms with van der Waals surface area (Å²) < 4.78 is 2.35. The van der Waals surface area contributed by atoms with Crippen molar-refractivity contribution in [1.82, 2.24) is 14.4 Å². The fourth-order valence-electron chi connectivity index (χ4n) is 8.31. The first-order chi connectivity index (χ1) is 24.3. The number of rotatable bonds is 2. The number of imidazole rings is 1. The van der Waals surface area contributed by atoms with Crippen LogP contribution in [0, 0.1) is 0 Å². The van der Waals surface area contributed by atoms with Crippen LogP contribution in [0.25, 0.3) is 104 Å². The minimum Gasteiger partial charge on any atom is -0.292 e. The maximum atomic E-state index is 5.21. The number of para-hydroxylation sites is 2. The minimum absolute atomic E-state index is 0.953. The van der Waals surface area contributed by atoms with Crippen molar-refractivity contribution in [3.63, 3.8) is 0 Å². The van der Waals surface area contributed by atoms with Crippen LogP contribution in [0.15, 0.2) is 164 Å². The van der Waals surface area contributed by atoms with Gasteiger partial charge in [0, 0.05) is 27.7 Å². The maximum Gasteiger partial charge on any atom is 0.146 e. The molecule has 0 saturated carbocycles. The third kappa shape index (κ3) is 3.67. The first kappa shape index (κ1) is 26.5. The van der Waals surface area contributed by atoms with Gasteiger partial charge in [0.25, 0.3) is 0 Å². The van der Waals surface area contributed by atoms with Crippen molar-refractivity contribution >= 4 is 81.6 Å². The van der Waals surface area contributed by atoms with Gasteiger partial charge in [-0.3, -0.25) is 9.38 Å². The third-order valence-electron chi connectivity index (χ3n) is 10.4. The largest absolute Gasteiger partial charge is 0.292 e. The molecule has 0 fully saturated rings. The SMILES string of the molecule is c1ccc2c(-c3c4ccccc4c(-c4ccc5c6c(ccc7cccnc76)c6nc7ccccc7n6c5c4)c4ccccc34)cccc2c1. The molecule has 11 aromatic rings. The Morgan fingerprint density at radius 3 is 1.90 bits per heavy atom. The van der Waals surface area contributed by atoms with Crippen LogP contribution in [0.1, 0.15) is 0 Å². The van der Waals surface area contributed by atoms with E-state index in [0.29, 0.717) is 0 Å². The van der Waals surface area contributed by atoms with Gasteiger partial charge in [0.15, 0.2) is 0 Å². The Balaban J connectivity index is 1.31.